The molecule has 34 heavy (non-hydrogen) atoms. The first-order valence-corrected chi connectivity index (χ1v) is 11.9. The lowest BCUT2D eigenvalue weighted by molar-refractivity contribution is -0.131. The smallest absolute Gasteiger partial charge is 0.331 e. The van der Waals surface area contributed by atoms with Crippen molar-refractivity contribution < 1.29 is 23.9 Å². The van der Waals surface area contributed by atoms with Crippen LogP contribution < -0.4 is 14.8 Å². The number of barbiturate groups is 1. The van der Waals surface area contributed by atoms with E-state index in [-0.39, 0.29) is 23.2 Å². The Balaban J connectivity index is 1.61. The molecule has 2 aliphatic rings. The zero-order valence-electron chi connectivity index (χ0n) is 18.6. The summed E-state index contributed by atoms with van der Waals surface area (Å²) in [4.78, 5) is 39.0. The van der Waals surface area contributed by atoms with Crippen LogP contribution in [-0.2, 0) is 16.2 Å². The lowest BCUT2D eigenvalue weighted by atomic mass is 10.0. The van der Waals surface area contributed by atoms with Gasteiger partial charge < -0.3 is 9.47 Å². The van der Waals surface area contributed by atoms with Gasteiger partial charge in [0.25, 0.3) is 11.8 Å². The number of carbonyl (C=O) groups is 3. The molecular weight excluding hydrogens is 479 g/mol. The van der Waals surface area contributed by atoms with E-state index < -0.39 is 17.8 Å². The fraction of sp³-hybridized carbons (Fsp3) is 0.320. The molecule has 2 fully saturated rings. The molecular formula is C25H24Cl2N2O5. The molecule has 4 rings (SSSR count). The first-order chi connectivity index (χ1) is 16.4. The van der Waals surface area contributed by atoms with Crippen LogP contribution in [-0.4, -0.2) is 35.4 Å². The minimum Gasteiger partial charge on any atom is -0.490 e. The Bertz CT molecular complexity index is 1140. The molecule has 4 amide bonds. The quantitative estimate of drug-likeness (QED) is 0.406. The minimum atomic E-state index is -0.735. The number of amides is 4. The number of imide groups is 2. The Hall–Kier alpha value is -3.03. The van der Waals surface area contributed by atoms with Crippen molar-refractivity contribution in [3.05, 3.63) is 63.1 Å². The second-order valence-corrected chi connectivity index (χ2v) is 8.95. The predicted octanol–water partition coefficient (Wildman–Crippen LogP) is 5.38. The van der Waals surface area contributed by atoms with Crippen LogP contribution in [0.5, 0.6) is 11.5 Å². The SMILES string of the molecule is CCOc1cc(/C=C2\C(=O)NC(=O)N(C3CCCC3)C2=O)cc(Cl)c1OCc1ccc(Cl)cc1. The Morgan fingerprint density at radius 2 is 1.76 bits per heavy atom. The maximum atomic E-state index is 13.1. The first-order valence-electron chi connectivity index (χ1n) is 11.1. The number of carbonyl (C=O) groups excluding carboxylic acids is 3. The number of halogens is 2. The average Bonchev–Trinajstić information content (AvgIpc) is 3.32. The van der Waals surface area contributed by atoms with Gasteiger partial charge in [-0.2, -0.15) is 0 Å². The van der Waals surface area contributed by atoms with E-state index in [0.29, 0.717) is 28.7 Å². The number of hydrogen-bond donors (Lipinski definition) is 1. The molecule has 1 saturated carbocycles. The van der Waals surface area contributed by atoms with Gasteiger partial charge >= 0.3 is 6.03 Å². The molecule has 0 bridgehead atoms. The second-order valence-electron chi connectivity index (χ2n) is 8.11. The normalized spacial score (nSPS) is 17.9. The summed E-state index contributed by atoms with van der Waals surface area (Å²) in [6.07, 6.45) is 4.78. The summed E-state index contributed by atoms with van der Waals surface area (Å²) in [7, 11) is 0. The summed E-state index contributed by atoms with van der Waals surface area (Å²) in [6, 6.07) is 9.61. The van der Waals surface area contributed by atoms with Crippen molar-refractivity contribution in [3.8, 4) is 11.5 Å². The van der Waals surface area contributed by atoms with E-state index in [9.17, 15) is 14.4 Å². The molecule has 0 unspecified atom stereocenters. The third-order valence-electron chi connectivity index (χ3n) is 5.76. The molecule has 1 aliphatic carbocycles. The van der Waals surface area contributed by atoms with Crippen LogP contribution in [0.25, 0.3) is 6.08 Å². The summed E-state index contributed by atoms with van der Waals surface area (Å²) in [5, 5.41) is 3.17. The van der Waals surface area contributed by atoms with Crippen LogP contribution in [0.4, 0.5) is 4.79 Å². The number of ether oxygens (including phenoxy) is 2. The number of benzene rings is 2. The van der Waals surface area contributed by atoms with Crippen molar-refractivity contribution in [2.75, 3.05) is 6.61 Å². The molecule has 0 aromatic heterocycles. The summed E-state index contributed by atoms with van der Waals surface area (Å²) in [5.41, 5.74) is 1.25. The van der Waals surface area contributed by atoms with Gasteiger partial charge in [0, 0.05) is 11.1 Å². The van der Waals surface area contributed by atoms with Gasteiger partial charge in [0.2, 0.25) is 0 Å². The minimum absolute atomic E-state index is 0.125. The highest BCUT2D eigenvalue weighted by Gasteiger charge is 2.40. The maximum Gasteiger partial charge on any atom is 0.331 e. The fourth-order valence-corrected chi connectivity index (χ4v) is 4.54. The molecule has 1 saturated heterocycles. The fourth-order valence-electron chi connectivity index (χ4n) is 4.14. The molecule has 9 heteroatoms. The molecule has 2 aromatic carbocycles. The Kier molecular flexibility index (Phi) is 7.44. The van der Waals surface area contributed by atoms with Crippen LogP contribution in [0.1, 0.15) is 43.7 Å². The average molecular weight is 503 g/mol. The Morgan fingerprint density at radius 1 is 1.06 bits per heavy atom. The summed E-state index contributed by atoms with van der Waals surface area (Å²) < 4.78 is 11.6. The van der Waals surface area contributed by atoms with Crippen LogP contribution in [0.3, 0.4) is 0 Å². The molecule has 1 aliphatic heterocycles. The second kappa shape index (κ2) is 10.5. The van der Waals surface area contributed by atoms with E-state index in [0.717, 1.165) is 36.1 Å². The molecule has 0 atom stereocenters. The van der Waals surface area contributed by atoms with Gasteiger partial charge in [-0.25, -0.2) is 4.79 Å². The van der Waals surface area contributed by atoms with Crippen molar-refractivity contribution in [1.82, 2.24) is 10.2 Å². The highest BCUT2D eigenvalue weighted by molar-refractivity contribution is 6.33. The van der Waals surface area contributed by atoms with Gasteiger partial charge in [-0.05, 0) is 61.2 Å². The standard InChI is InChI=1S/C25H24Cl2N2O5/c1-2-33-21-13-16(12-20(27)22(21)34-14-15-7-9-17(26)10-8-15)11-19-23(30)28-25(32)29(24(19)31)18-5-3-4-6-18/h7-13,18H,2-6,14H2,1H3,(H,28,30,32)/b19-11+. The van der Waals surface area contributed by atoms with Crippen molar-refractivity contribution in [3.63, 3.8) is 0 Å². The molecule has 7 nitrogen and oxygen atoms in total. The monoisotopic (exact) mass is 502 g/mol. The molecule has 178 valence electrons. The van der Waals surface area contributed by atoms with Gasteiger partial charge in [-0.1, -0.05) is 48.2 Å². The predicted molar refractivity (Wildman–Crippen MR) is 129 cm³/mol. The lowest BCUT2D eigenvalue weighted by Gasteiger charge is -2.31. The van der Waals surface area contributed by atoms with Crippen molar-refractivity contribution >= 4 is 47.1 Å². The number of hydrogen-bond acceptors (Lipinski definition) is 5. The number of rotatable bonds is 7. The molecule has 2 aromatic rings. The van der Waals surface area contributed by atoms with Gasteiger partial charge in [-0.3, -0.25) is 19.8 Å². The van der Waals surface area contributed by atoms with Crippen molar-refractivity contribution in [2.45, 2.75) is 45.3 Å². The van der Waals surface area contributed by atoms with E-state index >= 15 is 0 Å². The third-order valence-corrected chi connectivity index (χ3v) is 6.29. The van der Waals surface area contributed by atoms with Gasteiger partial charge in [0.15, 0.2) is 11.5 Å². The maximum absolute atomic E-state index is 13.1. The van der Waals surface area contributed by atoms with Crippen LogP contribution in [0.2, 0.25) is 10.0 Å². The summed E-state index contributed by atoms with van der Waals surface area (Å²) in [5.74, 6) is -0.606. The molecule has 1 heterocycles. The lowest BCUT2D eigenvalue weighted by Crippen LogP contribution is -2.57. The zero-order valence-corrected chi connectivity index (χ0v) is 20.1. The van der Waals surface area contributed by atoms with E-state index in [4.69, 9.17) is 32.7 Å². The van der Waals surface area contributed by atoms with Gasteiger partial charge in [0.05, 0.1) is 11.6 Å². The highest BCUT2D eigenvalue weighted by Crippen LogP contribution is 2.38. The van der Waals surface area contributed by atoms with Crippen molar-refractivity contribution in [2.24, 2.45) is 0 Å². The van der Waals surface area contributed by atoms with Crippen molar-refractivity contribution in [1.29, 1.82) is 0 Å². The van der Waals surface area contributed by atoms with Gasteiger partial charge in [0.1, 0.15) is 12.2 Å². The summed E-state index contributed by atoms with van der Waals surface area (Å²) >= 11 is 12.4. The van der Waals surface area contributed by atoms with Crippen LogP contribution in [0.15, 0.2) is 42.0 Å². The zero-order chi connectivity index (χ0) is 24.2. The highest BCUT2D eigenvalue weighted by atomic mass is 35.5. The topological polar surface area (TPSA) is 84.9 Å². The Morgan fingerprint density at radius 3 is 2.44 bits per heavy atom. The number of nitrogens with one attached hydrogen (secondary N) is 1. The van der Waals surface area contributed by atoms with Crippen LogP contribution >= 0.6 is 23.2 Å². The van der Waals surface area contributed by atoms with E-state index in [2.05, 4.69) is 5.32 Å². The van der Waals surface area contributed by atoms with E-state index in [1.165, 1.54) is 6.08 Å². The molecule has 1 N–H and O–H groups in total. The van der Waals surface area contributed by atoms with Crippen LogP contribution in [0, 0.1) is 0 Å². The molecule has 0 spiro atoms. The van der Waals surface area contributed by atoms with Gasteiger partial charge in [-0.15, -0.1) is 0 Å². The molecule has 0 radical (unpaired) electrons. The number of urea groups is 1. The van der Waals surface area contributed by atoms with E-state index in [1.807, 2.05) is 19.1 Å². The third kappa shape index (κ3) is 5.21. The van der Waals surface area contributed by atoms with E-state index in [1.54, 1.807) is 24.3 Å². The number of nitrogens with zero attached hydrogens (tertiary/aromatic N) is 1. The first kappa shape index (κ1) is 24.1. The Labute approximate surface area is 207 Å². The summed E-state index contributed by atoms with van der Waals surface area (Å²) in [6.45, 7) is 2.43. The largest absolute Gasteiger partial charge is 0.490 e.